The van der Waals surface area contributed by atoms with E-state index in [1.807, 2.05) is 65.6 Å². The van der Waals surface area contributed by atoms with Crippen LogP contribution < -0.4 is 0 Å². The minimum absolute atomic E-state index is 0.204. The van der Waals surface area contributed by atoms with Crippen LogP contribution in [0.1, 0.15) is 37.1 Å². The number of rotatable bonds is 7. The van der Waals surface area contributed by atoms with Crippen molar-refractivity contribution in [1.82, 2.24) is 4.90 Å². The molecule has 0 bridgehead atoms. The first-order valence-electron chi connectivity index (χ1n) is 8.89. The number of carbonyl (C=O) groups is 2. The summed E-state index contributed by atoms with van der Waals surface area (Å²) in [6.07, 6.45) is 0. The second-order valence-corrected chi connectivity index (χ2v) is 6.06. The molecule has 2 aromatic rings. The fourth-order valence-electron chi connectivity index (χ4n) is 3.34. The van der Waals surface area contributed by atoms with Gasteiger partial charge in [0.2, 0.25) is 0 Å². The van der Waals surface area contributed by atoms with E-state index >= 15 is 0 Å². The second kappa shape index (κ2) is 8.15. The predicted octanol–water partition coefficient (Wildman–Crippen LogP) is 3.28. The summed E-state index contributed by atoms with van der Waals surface area (Å²) in [6.45, 7) is 4.15. The molecule has 1 fully saturated rings. The lowest BCUT2D eigenvalue weighted by Gasteiger charge is -2.18. The molecular weight excluding hydrogens is 330 g/mol. The second-order valence-electron chi connectivity index (χ2n) is 6.06. The third-order valence-electron chi connectivity index (χ3n) is 4.44. The Bertz CT molecular complexity index is 747. The van der Waals surface area contributed by atoms with Gasteiger partial charge in [-0.2, -0.15) is 0 Å². The molecule has 1 saturated heterocycles. The lowest BCUT2D eigenvalue weighted by molar-refractivity contribution is -0.149. The summed E-state index contributed by atoms with van der Waals surface area (Å²) in [5, 5.41) is 0. The van der Waals surface area contributed by atoms with Crippen molar-refractivity contribution < 1.29 is 19.1 Å². The third kappa shape index (κ3) is 3.63. The molecule has 2 unspecified atom stereocenters. The topological polar surface area (TPSA) is 55.6 Å². The minimum atomic E-state index is -0.643. The largest absolute Gasteiger partial charge is 0.465 e. The van der Waals surface area contributed by atoms with E-state index in [4.69, 9.17) is 9.47 Å². The van der Waals surface area contributed by atoms with E-state index in [0.29, 0.717) is 6.61 Å². The lowest BCUT2D eigenvalue weighted by atomic mass is 10.1. The quantitative estimate of drug-likeness (QED) is 0.565. The Labute approximate surface area is 153 Å². The van der Waals surface area contributed by atoms with Crippen LogP contribution in [0.3, 0.4) is 0 Å². The Hall–Kier alpha value is -2.66. The monoisotopic (exact) mass is 353 g/mol. The molecule has 0 saturated carbocycles. The molecule has 0 amide bonds. The van der Waals surface area contributed by atoms with Crippen LogP contribution in [0.25, 0.3) is 0 Å². The minimum Gasteiger partial charge on any atom is -0.465 e. The van der Waals surface area contributed by atoms with E-state index in [2.05, 4.69) is 0 Å². The number of nitrogens with zero attached hydrogens (tertiary/aromatic N) is 1. The summed E-state index contributed by atoms with van der Waals surface area (Å²) < 4.78 is 10.5. The van der Waals surface area contributed by atoms with Crippen LogP contribution in [0.5, 0.6) is 0 Å². The number of benzene rings is 2. The maximum absolute atomic E-state index is 12.7. The fourth-order valence-corrected chi connectivity index (χ4v) is 3.34. The molecule has 4 atom stereocenters. The van der Waals surface area contributed by atoms with E-state index in [1.165, 1.54) is 0 Å². The molecule has 136 valence electrons. The molecule has 0 spiro atoms. The average molecular weight is 353 g/mol. The Balaban J connectivity index is 1.97. The van der Waals surface area contributed by atoms with E-state index in [0.717, 1.165) is 11.1 Å². The summed E-state index contributed by atoms with van der Waals surface area (Å²) in [6, 6.07) is 17.8. The van der Waals surface area contributed by atoms with E-state index in [1.54, 1.807) is 13.8 Å². The third-order valence-corrected chi connectivity index (χ3v) is 4.44. The van der Waals surface area contributed by atoms with Crippen LogP contribution in [-0.4, -0.2) is 36.1 Å². The molecule has 1 aliphatic rings. The maximum Gasteiger partial charge on any atom is 0.328 e. The van der Waals surface area contributed by atoms with Crippen molar-refractivity contribution in [2.24, 2.45) is 0 Å². The van der Waals surface area contributed by atoms with Gasteiger partial charge in [0.1, 0.15) is 12.1 Å². The number of hydrogen-bond acceptors (Lipinski definition) is 5. The Kier molecular flexibility index (Phi) is 5.68. The van der Waals surface area contributed by atoms with Gasteiger partial charge in [-0.15, -0.1) is 0 Å². The van der Waals surface area contributed by atoms with Crippen molar-refractivity contribution in [3.8, 4) is 0 Å². The molecule has 5 nitrogen and oxygen atoms in total. The highest BCUT2D eigenvalue weighted by atomic mass is 16.5. The average Bonchev–Trinajstić information content (AvgIpc) is 3.39. The normalized spacial score (nSPS) is 22.3. The van der Waals surface area contributed by atoms with Crippen LogP contribution in [-0.2, 0) is 19.1 Å². The van der Waals surface area contributed by atoms with Crippen molar-refractivity contribution in [1.29, 1.82) is 0 Å². The predicted molar refractivity (Wildman–Crippen MR) is 97.3 cm³/mol. The van der Waals surface area contributed by atoms with Crippen LogP contribution in [0, 0.1) is 0 Å². The van der Waals surface area contributed by atoms with Crippen molar-refractivity contribution in [3.05, 3.63) is 71.8 Å². The Morgan fingerprint density at radius 3 is 2.08 bits per heavy atom. The SMILES string of the molecule is CCOC(=O)C(c1ccccc1)N1[C@H](C(=O)OCC)[C@H]1c1ccccc1. The van der Waals surface area contributed by atoms with Crippen LogP contribution in [0.4, 0.5) is 0 Å². The van der Waals surface area contributed by atoms with Gasteiger partial charge in [-0.1, -0.05) is 60.7 Å². The lowest BCUT2D eigenvalue weighted by Crippen LogP contribution is -2.27. The van der Waals surface area contributed by atoms with Crippen molar-refractivity contribution in [2.45, 2.75) is 32.0 Å². The Morgan fingerprint density at radius 1 is 0.923 bits per heavy atom. The number of esters is 2. The molecular formula is C21H23NO4. The van der Waals surface area contributed by atoms with Gasteiger partial charge in [-0.05, 0) is 25.0 Å². The summed E-state index contributed by atoms with van der Waals surface area (Å²) >= 11 is 0. The van der Waals surface area contributed by atoms with Crippen LogP contribution in [0.15, 0.2) is 60.7 Å². The Morgan fingerprint density at radius 2 is 1.50 bits per heavy atom. The van der Waals surface area contributed by atoms with Gasteiger partial charge in [0, 0.05) is 0 Å². The van der Waals surface area contributed by atoms with Crippen LogP contribution >= 0.6 is 0 Å². The smallest absolute Gasteiger partial charge is 0.328 e. The van der Waals surface area contributed by atoms with E-state index in [9.17, 15) is 9.59 Å². The highest BCUT2D eigenvalue weighted by Gasteiger charge is 2.59. The van der Waals surface area contributed by atoms with Crippen molar-refractivity contribution >= 4 is 11.9 Å². The fraction of sp³-hybridized carbons (Fsp3) is 0.333. The molecule has 1 heterocycles. The van der Waals surface area contributed by atoms with Gasteiger partial charge in [0.25, 0.3) is 0 Å². The molecule has 0 radical (unpaired) electrons. The molecule has 0 aromatic heterocycles. The molecule has 2 aromatic carbocycles. The van der Waals surface area contributed by atoms with Gasteiger partial charge in [-0.3, -0.25) is 9.69 Å². The van der Waals surface area contributed by atoms with Gasteiger partial charge in [-0.25, -0.2) is 4.79 Å². The first-order chi connectivity index (χ1) is 12.7. The maximum atomic E-state index is 12.7. The number of carbonyl (C=O) groups excluding carboxylic acids is 2. The molecule has 0 N–H and O–H groups in total. The highest BCUT2D eigenvalue weighted by molar-refractivity contribution is 5.85. The van der Waals surface area contributed by atoms with E-state index < -0.39 is 12.1 Å². The van der Waals surface area contributed by atoms with Gasteiger partial charge < -0.3 is 9.47 Å². The molecule has 26 heavy (non-hydrogen) atoms. The van der Waals surface area contributed by atoms with Crippen molar-refractivity contribution in [2.75, 3.05) is 13.2 Å². The molecule has 5 heteroatoms. The highest BCUT2D eigenvalue weighted by Crippen LogP contribution is 2.50. The summed E-state index contributed by atoms with van der Waals surface area (Å²) in [7, 11) is 0. The van der Waals surface area contributed by atoms with Crippen LogP contribution in [0.2, 0.25) is 0 Å². The molecule has 0 aliphatic carbocycles. The summed E-state index contributed by atoms with van der Waals surface area (Å²) in [4.78, 5) is 27.1. The zero-order valence-corrected chi connectivity index (χ0v) is 15.0. The van der Waals surface area contributed by atoms with Gasteiger partial charge in [0.05, 0.1) is 19.3 Å². The summed E-state index contributed by atoms with van der Waals surface area (Å²) in [5.41, 5.74) is 1.79. The van der Waals surface area contributed by atoms with Crippen molar-refractivity contribution in [3.63, 3.8) is 0 Å². The zero-order chi connectivity index (χ0) is 18.5. The first-order valence-corrected chi connectivity index (χ1v) is 8.89. The number of ether oxygens (including phenoxy) is 2. The molecule has 3 rings (SSSR count). The molecule has 1 aliphatic heterocycles. The first kappa shape index (κ1) is 18.1. The number of hydrogen-bond donors (Lipinski definition) is 0. The summed E-state index contributed by atoms with van der Waals surface area (Å²) in [5.74, 6) is -0.669. The zero-order valence-electron chi connectivity index (χ0n) is 15.0. The van der Waals surface area contributed by atoms with Gasteiger partial charge in [0.15, 0.2) is 0 Å². The van der Waals surface area contributed by atoms with Gasteiger partial charge >= 0.3 is 11.9 Å². The standard InChI is InChI=1S/C21H23NO4/c1-3-25-20(23)18(16-13-9-6-10-14-16)22-17(15-11-7-5-8-12-15)19(22)21(24)26-4-2/h5-14,17-19H,3-4H2,1-2H3/t17-,18?,19+,22?/m1/s1. The van der Waals surface area contributed by atoms with E-state index in [-0.39, 0.29) is 24.6 Å².